The third-order valence-corrected chi connectivity index (χ3v) is 7.15. The van der Waals surface area contributed by atoms with Crippen molar-refractivity contribution in [1.82, 2.24) is 5.32 Å². The molecule has 0 unspecified atom stereocenters. The lowest BCUT2D eigenvalue weighted by molar-refractivity contribution is -0.122. The lowest BCUT2D eigenvalue weighted by Gasteiger charge is -2.19. The van der Waals surface area contributed by atoms with Gasteiger partial charge in [0.2, 0.25) is 5.91 Å². The molecule has 5 heteroatoms. The maximum Gasteiger partial charge on any atom is 0.220 e. The Balaban J connectivity index is 3.82. The van der Waals surface area contributed by atoms with Gasteiger partial charge in [0, 0.05) is 6.42 Å². The summed E-state index contributed by atoms with van der Waals surface area (Å²) in [5, 5.41) is 32.0. The minimum Gasteiger partial charge on any atom is -0.394 e. The van der Waals surface area contributed by atoms with Gasteiger partial charge < -0.3 is 20.6 Å². The smallest absolute Gasteiger partial charge is 0.220 e. The van der Waals surface area contributed by atoms with Crippen molar-refractivity contribution in [3.63, 3.8) is 0 Å². The summed E-state index contributed by atoms with van der Waals surface area (Å²) in [5.74, 6) is -0.137. The van der Waals surface area contributed by atoms with E-state index in [0.717, 1.165) is 64.2 Å². The van der Waals surface area contributed by atoms with E-state index in [-0.39, 0.29) is 18.6 Å². The van der Waals surface area contributed by atoms with Crippen molar-refractivity contribution in [3.05, 3.63) is 72.9 Å². The van der Waals surface area contributed by atoms with E-state index in [0.29, 0.717) is 6.42 Å². The largest absolute Gasteiger partial charge is 0.394 e. The van der Waals surface area contributed by atoms with Gasteiger partial charge in [-0.15, -0.1) is 0 Å². The molecule has 0 bridgehead atoms. The Morgan fingerprint density at radius 2 is 1.09 bits per heavy atom. The zero-order valence-electron chi connectivity index (χ0n) is 27.6. The normalized spacial score (nSPS) is 14.8. The average Bonchev–Trinajstić information content (AvgIpc) is 2.99. The van der Waals surface area contributed by atoms with E-state index >= 15 is 0 Å². The van der Waals surface area contributed by atoms with Crippen molar-refractivity contribution < 1.29 is 20.1 Å². The van der Waals surface area contributed by atoms with Gasteiger partial charge >= 0.3 is 0 Å². The molecular formula is C38H65NO4. The zero-order valence-corrected chi connectivity index (χ0v) is 27.6. The molecule has 4 N–H and O–H groups in total. The lowest BCUT2D eigenvalue weighted by atomic mass is 10.1. The Morgan fingerprint density at radius 1 is 0.628 bits per heavy atom. The number of rotatable bonds is 29. The molecular weight excluding hydrogens is 534 g/mol. The summed E-state index contributed by atoms with van der Waals surface area (Å²) in [6, 6.07) is -0.665. The Labute approximate surface area is 264 Å². The molecule has 5 nitrogen and oxygen atoms in total. The lowest BCUT2D eigenvalue weighted by Crippen LogP contribution is -2.45. The molecule has 0 aromatic heterocycles. The van der Waals surface area contributed by atoms with Crippen molar-refractivity contribution in [2.45, 2.75) is 154 Å². The van der Waals surface area contributed by atoms with Gasteiger partial charge in [-0.2, -0.15) is 0 Å². The number of aliphatic hydroxyl groups excluding tert-OH is 3. The highest BCUT2D eigenvalue weighted by atomic mass is 16.3. The van der Waals surface area contributed by atoms with Gasteiger partial charge in [0.1, 0.15) is 0 Å². The molecule has 3 atom stereocenters. The van der Waals surface area contributed by atoms with E-state index in [1.165, 1.54) is 51.4 Å². The molecule has 0 aliphatic rings. The molecule has 0 saturated heterocycles. The Morgan fingerprint density at radius 3 is 1.65 bits per heavy atom. The summed E-state index contributed by atoms with van der Waals surface area (Å²) in [4.78, 5) is 12.3. The van der Waals surface area contributed by atoms with E-state index in [1.54, 1.807) is 6.08 Å². The van der Waals surface area contributed by atoms with E-state index in [1.807, 2.05) is 13.0 Å². The standard InChI is InChI=1S/C38H65NO4/c1-3-4-5-6-7-8-9-13-17-20-23-26-29-32-37(42)36(34-40)39-38(43)33-30-27-24-21-18-15-12-10-11-14-16-19-22-25-28-31-35(2)41/h5-6,11-12,14-15,19,21-22,24,29,32,35-37,40-42H,3-4,7-10,13,16-18,20,23,25-28,30-31,33-34H2,1-2H3,(H,39,43)/b6-5-,14-11-,15-12-,22-19-,24-21-,32-29+/t35-,36-,37+/m0/s1. The summed E-state index contributed by atoms with van der Waals surface area (Å²) in [7, 11) is 0. The fraction of sp³-hybridized carbons (Fsp3) is 0.658. The van der Waals surface area contributed by atoms with Gasteiger partial charge in [0.05, 0.1) is 24.9 Å². The molecule has 0 heterocycles. The number of unbranched alkanes of at least 4 members (excludes halogenated alkanes) is 10. The number of carbonyl (C=O) groups excluding carboxylic acids is 1. The topological polar surface area (TPSA) is 89.8 Å². The molecule has 0 aliphatic heterocycles. The molecule has 0 fully saturated rings. The van der Waals surface area contributed by atoms with Crippen LogP contribution in [0.25, 0.3) is 0 Å². The second kappa shape index (κ2) is 32.7. The van der Waals surface area contributed by atoms with Crippen LogP contribution in [0, 0.1) is 0 Å². The van der Waals surface area contributed by atoms with Gasteiger partial charge in [0.25, 0.3) is 0 Å². The number of hydrogen-bond acceptors (Lipinski definition) is 4. The molecule has 246 valence electrons. The maximum atomic E-state index is 12.3. The van der Waals surface area contributed by atoms with Crippen molar-refractivity contribution in [2.75, 3.05) is 6.61 Å². The molecule has 1 amide bonds. The number of hydrogen-bond donors (Lipinski definition) is 4. The third kappa shape index (κ3) is 31.0. The second-order valence-corrected chi connectivity index (χ2v) is 11.5. The van der Waals surface area contributed by atoms with Crippen LogP contribution < -0.4 is 5.32 Å². The molecule has 0 saturated carbocycles. The number of amides is 1. The van der Waals surface area contributed by atoms with E-state index in [2.05, 4.69) is 73.0 Å². The molecule has 0 aromatic carbocycles. The second-order valence-electron chi connectivity index (χ2n) is 11.5. The van der Waals surface area contributed by atoms with Crippen molar-refractivity contribution in [2.24, 2.45) is 0 Å². The third-order valence-electron chi connectivity index (χ3n) is 7.15. The first kappa shape index (κ1) is 40.8. The van der Waals surface area contributed by atoms with Crippen LogP contribution in [0.2, 0.25) is 0 Å². The highest BCUT2D eigenvalue weighted by Crippen LogP contribution is 2.10. The summed E-state index contributed by atoms with van der Waals surface area (Å²) in [6.45, 7) is 3.75. The minimum absolute atomic E-state index is 0.137. The number of allylic oxidation sites excluding steroid dienone is 11. The Hall–Kier alpha value is -2.21. The molecule has 0 aliphatic carbocycles. The van der Waals surface area contributed by atoms with Crippen LogP contribution >= 0.6 is 0 Å². The van der Waals surface area contributed by atoms with Gasteiger partial charge in [-0.3, -0.25) is 4.79 Å². The van der Waals surface area contributed by atoms with Crippen LogP contribution in [-0.2, 0) is 4.79 Å². The van der Waals surface area contributed by atoms with Crippen LogP contribution in [0.15, 0.2) is 72.9 Å². The Kier molecular flexibility index (Phi) is 31.0. The highest BCUT2D eigenvalue weighted by molar-refractivity contribution is 5.76. The number of nitrogens with one attached hydrogen (secondary N) is 1. The summed E-state index contributed by atoms with van der Waals surface area (Å²) in [5.41, 5.74) is 0. The Bertz CT molecular complexity index is 794. The van der Waals surface area contributed by atoms with Crippen molar-refractivity contribution >= 4 is 5.91 Å². The van der Waals surface area contributed by atoms with Gasteiger partial charge in [-0.1, -0.05) is 112 Å². The zero-order chi connectivity index (χ0) is 31.6. The minimum atomic E-state index is -0.876. The number of carbonyl (C=O) groups is 1. The molecule has 43 heavy (non-hydrogen) atoms. The first-order valence-electron chi connectivity index (χ1n) is 17.2. The van der Waals surface area contributed by atoms with Gasteiger partial charge in [-0.25, -0.2) is 0 Å². The van der Waals surface area contributed by atoms with Crippen LogP contribution in [0.1, 0.15) is 136 Å². The maximum absolute atomic E-state index is 12.3. The molecule has 0 spiro atoms. The van der Waals surface area contributed by atoms with E-state index < -0.39 is 12.1 Å². The molecule has 0 radical (unpaired) electrons. The van der Waals surface area contributed by atoms with E-state index in [4.69, 9.17) is 0 Å². The fourth-order valence-electron chi connectivity index (χ4n) is 4.48. The predicted molar refractivity (Wildman–Crippen MR) is 185 cm³/mol. The molecule has 0 aromatic rings. The van der Waals surface area contributed by atoms with E-state index in [9.17, 15) is 20.1 Å². The SMILES string of the molecule is CCC/C=C\CCCCCCCC/C=C/[C@@H](O)[C@H](CO)NC(=O)CCC/C=C\C/C=C\C/C=C\C/C=C\CCC[C@H](C)O. The summed E-state index contributed by atoms with van der Waals surface area (Å²) < 4.78 is 0. The number of aliphatic hydroxyl groups is 3. The van der Waals surface area contributed by atoms with Crippen LogP contribution in [0.5, 0.6) is 0 Å². The first-order valence-corrected chi connectivity index (χ1v) is 17.2. The monoisotopic (exact) mass is 599 g/mol. The quantitative estimate of drug-likeness (QED) is 0.0510. The predicted octanol–water partition coefficient (Wildman–Crippen LogP) is 8.97. The summed E-state index contributed by atoms with van der Waals surface area (Å²) in [6.07, 6.45) is 44.0. The first-order chi connectivity index (χ1) is 21.0. The van der Waals surface area contributed by atoms with Crippen LogP contribution in [0.4, 0.5) is 0 Å². The van der Waals surface area contributed by atoms with Crippen molar-refractivity contribution in [3.8, 4) is 0 Å². The fourth-order valence-corrected chi connectivity index (χ4v) is 4.48. The average molecular weight is 600 g/mol. The van der Waals surface area contributed by atoms with Gasteiger partial charge in [-0.05, 0) is 90.4 Å². The summed E-state index contributed by atoms with van der Waals surface area (Å²) >= 11 is 0. The molecule has 0 rings (SSSR count). The van der Waals surface area contributed by atoms with Crippen LogP contribution in [-0.4, -0.2) is 46.1 Å². The van der Waals surface area contributed by atoms with Gasteiger partial charge in [0.15, 0.2) is 0 Å². The van der Waals surface area contributed by atoms with Crippen LogP contribution in [0.3, 0.4) is 0 Å². The van der Waals surface area contributed by atoms with Crippen molar-refractivity contribution in [1.29, 1.82) is 0 Å². The highest BCUT2D eigenvalue weighted by Gasteiger charge is 2.17.